The summed E-state index contributed by atoms with van der Waals surface area (Å²) in [4.78, 5) is 10.1. The lowest BCUT2D eigenvalue weighted by atomic mass is 9.98. The Bertz CT molecular complexity index is 121. The van der Waals surface area contributed by atoms with Crippen LogP contribution < -0.4 is 5.11 Å². The fourth-order valence-electron chi connectivity index (χ4n) is 1.25. The molecule has 0 aromatic rings. The van der Waals surface area contributed by atoms with Crippen LogP contribution in [0.25, 0.3) is 0 Å². The van der Waals surface area contributed by atoms with Crippen molar-refractivity contribution >= 4 is 5.97 Å². The fourth-order valence-corrected chi connectivity index (χ4v) is 1.25. The number of carboxylic acid groups (broad SMARTS) is 1. The maximum atomic E-state index is 10.1. The van der Waals surface area contributed by atoms with Gasteiger partial charge in [0.2, 0.25) is 0 Å². The zero-order valence-corrected chi connectivity index (χ0v) is 8.14. The van der Waals surface area contributed by atoms with Crippen LogP contribution in [0.3, 0.4) is 0 Å². The van der Waals surface area contributed by atoms with Crippen molar-refractivity contribution < 1.29 is 9.90 Å². The number of carbonyl (C=O) groups is 1. The Kier molecular flexibility index (Phi) is 6.82. The summed E-state index contributed by atoms with van der Waals surface area (Å²) in [7, 11) is 0. The summed E-state index contributed by atoms with van der Waals surface area (Å²) in [5.41, 5.74) is 0. The first-order chi connectivity index (χ1) is 5.66. The average molecular weight is 171 g/mol. The molecule has 0 fully saturated rings. The molecule has 72 valence electrons. The van der Waals surface area contributed by atoms with Crippen LogP contribution in [-0.4, -0.2) is 5.97 Å². The predicted octanol–water partition coefficient (Wildman–Crippen LogP) is 1.73. The van der Waals surface area contributed by atoms with Crippen molar-refractivity contribution in [2.24, 2.45) is 5.92 Å². The summed E-state index contributed by atoms with van der Waals surface area (Å²) in [5.74, 6) is -0.383. The van der Waals surface area contributed by atoms with Crippen molar-refractivity contribution in [2.45, 2.75) is 52.4 Å². The van der Waals surface area contributed by atoms with Gasteiger partial charge in [-0.3, -0.25) is 0 Å². The lowest BCUT2D eigenvalue weighted by Gasteiger charge is -2.10. The van der Waals surface area contributed by atoms with E-state index in [0.717, 1.165) is 12.8 Å². The molecule has 0 aliphatic rings. The second kappa shape index (κ2) is 7.14. The second-order valence-electron chi connectivity index (χ2n) is 3.51. The Morgan fingerprint density at radius 1 is 1.33 bits per heavy atom. The topological polar surface area (TPSA) is 40.1 Å². The van der Waals surface area contributed by atoms with Gasteiger partial charge in [0, 0.05) is 5.97 Å². The van der Waals surface area contributed by atoms with Crippen LogP contribution in [0, 0.1) is 5.92 Å². The third-order valence-corrected chi connectivity index (χ3v) is 2.14. The van der Waals surface area contributed by atoms with Crippen LogP contribution in [0.2, 0.25) is 0 Å². The highest BCUT2D eigenvalue weighted by molar-refractivity contribution is 5.64. The van der Waals surface area contributed by atoms with Crippen LogP contribution in [0.4, 0.5) is 0 Å². The molecule has 0 bridgehead atoms. The largest absolute Gasteiger partial charge is 0.550 e. The lowest BCUT2D eigenvalue weighted by molar-refractivity contribution is -0.306. The SMILES string of the molecule is CCCCC[C@@H](C)CCC(=O)[O-]. The fraction of sp³-hybridized carbons (Fsp3) is 0.900. The summed E-state index contributed by atoms with van der Waals surface area (Å²) >= 11 is 0. The molecule has 0 aromatic heterocycles. The molecule has 0 rings (SSSR count). The molecule has 12 heavy (non-hydrogen) atoms. The van der Waals surface area contributed by atoms with Crippen molar-refractivity contribution in [2.75, 3.05) is 0 Å². The maximum Gasteiger partial charge on any atom is 0.0414 e. The van der Waals surface area contributed by atoms with Crippen molar-refractivity contribution in [3.05, 3.63) is 0 Å². The Morgan fingerprint density at radius 3 is 2.50 bits per heavy atom. The molecule has 2 heteroatoms. The van der Waals surface area contributed by atoms with Gasteiger partial charge in [-0.05, 0) is 18.8 Å². The van der Waals surface area contributed by atoms with Gasteiger partial charge in [0.25, 0.3) is 0 Å². The van der Waals surface area contributed by atoms with E-state index in [2.05, 4.69) is 13.8 Å². The zero-order valence-electron chi connectivity index (χ0n) is 8.14. The van der Waals surface area contributed by atoms with E-state index in [9.17, 15) is 9.90 Å². The van der Waals surface area contributed by atoms with Crippen molar-refractivity contribution in [1.82, 2.24) is 0 Å². The van der Waals surface area contributed by atoms with Crippen LogP contribution >= 0.6 is 0 Å². The minimum absolute atomic E-state index is 0.216. The van der Waals surface area contributed by atoms with Gasteiger partial charge in [0.05, 0.1) is 0 Å². The molecular formula is C10H19O2-. The molecule has 0 aliphatic carbocycles. The van der Waals surface area contributed by atoms with Gasteiger partial charge >= 0.3 is 0 Å². The highest BCUT2D eigenvalue weighted by Gasteiger charge is 2.00. The molecule has 0 radical (unpaired) electrons. The van der Waals surface area contributed by atoms with Gasteiger partial charge < -0.3 is 9.90 Å². The highest BCUT2D eigenvalue weighted by atomic mass is 16.4. The van der Waals surface area contributed by atoms with E-state index in [0.29, 0.717) is 5.92 Å². The van der Waals surface area contributed by atoms with Crippen LogP contribution in [-0.2, 0) is 4.79 Å². The zero-order chi connectivity index (χ0) is 9.40. The molecule has 0 heterocycles. The van der Waals surface area contributed by atoms with Crippen molar-refractivity contribution in [1.29, 1.82) is 0 Å². The Balaban J connectivity index is 3.21. The van der Waals surface area contributed by atoms with E-state index in [1.165, 1.54) is 19.3 Å². The summed E-state index contributed by atoms with van der Waals surface area (Å²) in [6.45, 7) is 4.28. The van der Waals surface area contributed by atoms with Gasteiger partial charge in [-0.15, -0.1) is 0 Å². The van der Waals surface area contributed by atoms with E-state index in [1.807, 2.05) is 0 Å². The maximum absolute atomic E-state index is 10.1. The van der Waals surface area contributed by atoms with E-state index in [1.54, 1.807) is 0 Å². The quantitative estimate of drug-likeness (QED) is 0.547. The standard InChI is InChI=1S/C10H20O2/c1-3-4-5-6-9(2)7-8-10(11)12/h9H,3-8H2,1-2H3,(H,11,12)/p-1/t9-/m1/s1. The molecule has 0 amide bonds. The summed E-state index contributed by atoms with van der Waals surface area (Å²) in [6, 6.07) is 0. The first-order valence-electron chi connectivity index (χ1n) is 4.86. The first-order valence-corrected chi connectivity index (χ1v) is 4.86. The van der Waals surface area contributed by atoms with E-state index < -0.39 is 5.97 Å². The monoisotopic (exact) mass is 171 g/mol. The minimum Gasteiger partial charge on any atom is -0.550 e. The summed E-state index contributed by atoms with van der Waals surface area (Å²) in [6.07, 6.45) is 5.86. The Hall–Kier alpha value is -0.530. The number of hydrogen-bond donors (Lipinski definition) is 0. The second-order valence-corrected chi connectivity index (χ2v) is 3.51. The molecule has 0 aliphatic heterocycles. The molecular weight excluding hydrogens is 152 g/mol. The molecule has 0 spiro atoms. The number of carbonyl (C=O) groups excluding carboxylic acids is 1. The van der Waals surface area contributed by atoms with Gasteiger partial charge in [0.1, 0.15) is 0 Å². The van der Waals surface area contributed by atoms with Gasteiger partial charge in [-0.2, -0.15) is 0 Å². The predicted molar refractivity (Wildman–Crippen MR) is 47.5 cm³/mol. The average Bonchev–Trinajstić information content (AvgIpc) is 2.01. The normalized spacial score (nSPS) is 12.8. The van der Waals surface area contributed by atoms with E-state index in [-0.39, 0.29) is 6.42 Å². The van der Waals surface area contributed by atoms with Gasteiger partial charge in [0.15, 0.2) is 0 Å². The van der Waals surface area contributed by atoms with E-state index in [4.69, 9.17) is 0 Å². The third kappa shape index (κ3) is 7.58. The summed E-state index contributed by atoms with van der Waals surface area (Å²) < 4.78 is 0. The smallest absolute Gasteiger partial charge is 0.0414 e. The lowest BCUT2D eigenvalue weighted by Crippen LogP contribution is -2.22. The molecule has 0 aromatic carbocycles. The molecule has 2 nitrogen and oxygen atoms in total. The van der Waals surface area contributed by atoms with Gasteiger partial charge in [-0.25, -0.2) is 0 Å². The molecule has 0 saturated heterocycles. The van der Waals surface area contributed by atoms with E-state index >= 15 is 0 Å². The van der Waals surface area contributed by atoms with Crippen LogP contribution in [0.1, 0.15) is 52.4 Å². The number of aliphatic carboxylic acids is 1. The molecule has 1 atom stereocenters. The minimum atomic E-state index is -0.919. The molecule has 0 N–H and O–H groups in total. The number of carboxylic acids is 1. The van der Waals surface area contributed by atoms with Crippen LogP contribution in [0.15, 0.2) is 0 Å². The van der Waals surface area contributed by atoms with Crippen molar-refractivity contribution in [3.63, 3.8) is 0 Å². The van der Waals surface area contributed by atoms with Gasteiger partial charge in [-0.1, -0.05) is 39.5 Å². The Morgan fingerprint density at radius 2 is 2.00 bits per heavy atom. The summed E-state index contributed by atoms with van der Waals surface area (Å²) in [5, 5.41) is 10.1. The van der Waals surface area contributed by atoms with Crippen LogP contribution in [0.5, 0.6) is 0 Å². The molecule has 0 saturated carbocycles. The first kappa shape index (κ1) is 11.5. The number of unbranched alkanes of at least 4 members (excludes halogenated alkanes) is 2. The highest BCUT2D eigenvalue weighted by Crippen LogP contribution is 2.14. The third-order valence-electron chi connectivity index (χ3n) is 2.14. The molecule has 0 unspecified atom stereocenters. The number of rotatable bonds is 7. The van der Waals surface area contributed by atoms with Crippen molar-refractivity contribution in [3.8, 4) is 0 Å². The Labute approximate surface area is 75.0 Å². The number of hydrogen-bond acceptors (Lipinski definition) is 2.